The predicted octanol–water partition coefficient (Wildman–Crippen LogP) is 1.76. The zero-order valence-electron chi connectivity index (χ0n) is 10.5. The molecule has 2 rings (SSSR count). The summed E-state index contributed by atoms with van der Waals surface area (Å²) < 4.78 is 1.67. The van der Waals surface area contributed by atoms with E-state index in [4.69, 9.17) is 0 Å². The van der Waals surface area contributed by atoms with Gasteiger partial charge < -0.3 is 5.32 Å². The van der Waals surface area contributed by atoms with Crippen molar-refractivity contribution in [3.63, 3.8) is 0 Å². The van der Waals surface area contributed by atoms with Gasteiger partial charge in [0.15, 0.2) is 11.5 Å². The van der Waals surface area contributed by atoms with Gasteiger partial charge in [-0.1, -0.05) is 26.7 Å². The Balaban J connectivity index is 2.20. The van der Waals surface area contributed by atoms with Gasteiger partial charge >= 0.3 is 0 Å². The van der Waals surface area contributed by atoms with Gasteiger partial charge in [0.1, 0.15) is 0 Å². The van der Waals surface area contributed by atoms with Gasteiger partial charge in [-0.2, -0.15) is 4.52 Å². The molecule has 0 fully saturated rings. The van der Waals surface area contributed by atoms with Crippen LogP contribution in [-0.4, -0.2) is 31.1 Å². The van der Waals surface area contributed by atoms with E-state index < -0.39 is 0 Å². The maximum Gasteiger partial charge on any atom is 0.199 e. The van der Waals surface area contributed by atoms with Crippen LogP contribution in [0.25, 0.3) is 5.65 Å². The van der Waals surface area contributed by atoms with E-state index in [2.05, 4.69) is 46.6 Å². The Kier molecular flexibility index (Phi) is 3.51. The van der Waals surface area contributed by atoms with E-state index in [1.807, 2.05) is 0 Å². The highest BCUT2D eigenvalue weighted by molar-refractivity contribution is 5.44. The molecule has 0 saturated carbocycles. The summed E-state index contributed by atoms with van der Waals surface area (Å²) in [7, 11) is 0. The van der Waals surface area contributed by atoms with E-state index in [0.717, 1.165) is 18.7 Å². The molecule has 0 aliphatic rings. The van der Waals surface area contributed by atoms with Gasteiger partial charge in [-0.3, -0.25) is 4.98 Å². The number of nitrogens with zero attached hydrogens (tertiary/aromatic N) is 5. The molecule has 6 heteroatoms. The zero-order chi connectivity index (χ0) is 12.3. The molecule has 0 aliphatic carbocycles. The van der Waals surface area contributed by atoms with Crippen LogP contribution in [0.1, 0.15) is 33.6 Å². The molecule has 1 N–H and O–H groups in total. The van der Waals surface area contributed by atoms with E-state index in [0.29, 0.717) is 17.6 Å². The highest BCUT2D eigenvalue weighted by Crippen LogP contribution is 2.17. The van der Waals surface area contributed by atoms with Gasteiger partial charge in [-0.05, 0) is 23.3 Å². The van der Waals surface area contributed by atoms with Crippen LogP contribution >= 0.6 is 0 Å². The number of anilines is 1. The minimum Gasteiger partial charge on any atom is -0.366 e. The number of tetrazole rings is 1. The monoisotopic (exact) mass is 234 g/mol. The number of aromatic nitrogens is 5. The topological polar surface area (TPSA) is 68.0 Å². The van der Waals surface area contributed by atoms with Crippen LogP contribution in [0.15, 0.2) is 12.4 Å². The fraction of sp³-hybridized carbons (Fsp3) is 0.636. The van der Waals surface area contributed by atoms with E-state index in [1.54, 1.807) is 16.9 Å². The SMILES string of the molecule is CCC(CC)C(C)Nc1cncc2nnnn12. The van der Waals surface area contributed by atoms with E-state index in [1.165, 1.54) is 0 Å². The molecule has 0 aromatic carbocycles. The van der Waals surface area contributed by atoms with Crippen LogP contribution in [-0.2, 0) is 0 Å². The molecule has 0 aliphatic heterocycles. The van der Waals surface area contributed by atoms with Crippen molar-refractivity contribution < 1.29 is 0 Å². The van der Waals surface area contributed by atoms with Gasteiger partial charge in [-0.25, -0.2) is 0 Å². The average molecular weight is 234 g/mol. The van der Waals surface area contributed by atoms with Gasteiger partial charge in [0.25, 0.3) is 0 Å². The van der Waals surface area contributed by atoms with Crippen molar-refractivity contribution in [1.82, 2.24) is 25.0 Å². The van der Waals surface area contributed by atoms with Gasteiger partial charge in [0.2, 0.25) is 0 Å². The Hall–Kier alpha value is -1.72. The van der Waals surface area contributed by atoms with E-state index in [9.17, 15) is 0 Å². The number of fused-ring (bicyclic) bond motifs is 1. The summed E-state index contributed by atoms with van der Waals surface area (Å²) in [4.78, 5) is 4.12. The van der Waals surface area contributed by atoms with Gasteiger partial charge in [-0.15, -0.1) is 5.10 Å². The second-order valence-corrected chi connectivity index (χ2v) is 4.25. The van der Waals surface area contributed by atoms with E-state index >= 15 is 0 Å². The molecule has 0 amide bonds. The Morgan fingerprint density at radius 2 is 2.06 bits per heavy atom. The lowest BCUT2D eigenvalue weighted by atomic mass is 9.96. The van der Waals surface area contributed by atoms with Crippen molar-refractivity contribution >= 4 is 11.5 Å². The second-order valence-electron chi connectivity index (χ2n) is 4.25. The second kappa shape index (κ2) is 5.07. The molecule has 92 valence electrons. The van der Waals surface area contributed by atoms with Crippen LogP contribution in [0.3, 0.4) is 0 Å². The standard InChI is InChI=1S/C11H18N6/c1-4-9(5-2)8(3)13-10-6-12-7-11-14-15-16-17(10)11/h6-9,13H,4-5H2,1-3H3. The van der Waals surface area contributed by atoms with Crippen molar-refractivity contribution in [3.8, 4) is 0 Å². The molecule has 0 bridgehead atoms. The molecule has 1 unspecified atom stereocenters. The molecule has 0 radical (unpaired) electrons. The Labute approximate surface area is 100 Å². The molecule has 2 heterocycles. The summed E-state index contributed by atoms with van der Waals surface area (Å²) in [6.45, 7) is 6.60. The average Bonchev–Trinajstić information content (AvgIpc) is 2.80. The molecule has 0 spiro atoms. The number of hydrogen-bond donors (Lipinski definition) is 1. The van der Waals surface area contributed by atoms with Gasteiger partial charge in [0, 0.05) is 6.04 Å². The zero-order valence-corrected chi connectivity index (χ0v) is 10.5. The first kappa shape index (κ1) is 11.8. The first-order chi connectivity index (χ1) is 8.26. The highest BCUT2D eigenvalue weighted by Gasteiger charge is 2.14. The number of rotatable bonds is 5. The van der Waals surface area contributed by atoms with Crippen molar-refractivity contribution in [1.29, 1.82) is 0 Å². The molecular weight excluding hydrogens is 216 g/mol. The first-order valence-corrected chi connectivity index (χ1v) is 6.04. The third-order valence-electron chi connectivity index (χ3n) is 3.24. The summed E-state index contributed by atoms with van der Waals surface area (Å²) >= 11 is 0. The molecule has 0 saturated heterocycles. The van der Waals surface area contributed by atoms with Crippen molar-refractivity contribution in [3.05, 3.63) is 12.4 Å². The lowest BCUT2D eigenvalue weighted by molar-refractivity contribution is 0.436. The predicted molar refractivity (Wildman–Crippen MR) is 65.7 cm³/mol. The third-order valence-corrected chi connectivity index (χ3v) is 3.24. The summed E-state index contributed by atoms with van der Waals surface area (Å²) in [5.74, 6) is 1.48. The maximum atomic E-state index is 4.12. The van der Waals surface area contributed by atoms with Crippen molar-refractivity contribution in [2.24, 2.45) is 5.92 Å². The summed E-state index contributed by atoms with van der Waals surface area (Å²) in [6, 6.07) is 0.376. The summed E-state index contributed by atoms with van der Waals surface area (Å²) in [6.07, 6.45) is 5.71. The molecule has 2 aromatic rings. The fourth-order valence-corrected chi connectivity index (χ4v) is 2.12. The minimum atomic E-state index is 0.376. The van der Waals surface area contributed by atoms with Crippen LogP contribution in [0.2, 0.25) is 0 Å². The molecule has 6 nitrogen and oxygen atoms in total. The van der Waals surface area contributed by atoms with Crippen LogP contribution in [0.5, 0.6) is 0 Å². The van der Waals surface area contributed by atoms with E-state index in [-0.39, 0.29) is 0 Å². The third kappa shape index (κ3) is 2.35. The molecule has 17 heavy (non-hydrogen) atoms. The minimum absolute atomic E-state index is 0.376. The number of nitrogens with one attached hydrogen (secondary N) is 1. The van der Waals surface area contributed by atoms with Crippen LogP contribution in [0, 0.1) is 5.92 Å². The fourth-order valence-electron chi connectivity index (χ4n) is 2.12. The largest absolute Gasteiger partial charge is 0.366 e. The van der Waals surface area contributed by atoms with Crippen molar-refractivity contribution in [2.45, 2.75) is 39.7 Å². The smallest absolute Gasteiger partial charge is 0.199 e. The molecule has 2 aromatic heterocycles. The van der Waals surface area contributed by atoms with Crippen LogP contribution < -0.4 is 5.32 Å². The van der Waals surface area contributed by atoms with Crippen LogP contribution in [0.4, 0.5) is 5.82 Å². The van der Waals surface area contributed by atoms with Crippen molar-refractivity contribution in [2.75, 3.05) is 5.32 Å². The quantitative estimate of drug-likeness (QED) is 0.853. The lowest BCUT2D eigenvalue weighted by Gasteiger charge is -2.23. The normalized spacial score (nSPS) is 13.2. The number of hydrogen-bond acceptors (Lipinski definition) is 5. The Morgan fingerprint density at radius 3 is 2.76 bits per heavy atom. The van der Waals surface area contributed by atoms with Gasteiger partial charge in [0.05, 0.1) is 12.4 Å². The Morgan fingerprint density at radius 1 is 1.29 bits per heavy atom. The maximum absolute atomic E-state index is 4.12. The first-order valence-electron chi connectivity index (χ1n) is 6.04. The molecule has 1 atom stereocenters. The molecular formula is C11H18N6. The summed E-state index contributed by atoms with van der Waals surface area (Å²) in [5.41, 5.74) is 0.659. The highest BCUT2D eigenvalue weighted by atomic mass is 15.5. The Bertz CT molecular complexity index is 476. The lowest BCUT2D eigenvalue weighted by Crippen LogP contribution is -2.26. The summed E-state index contributed by atoms with van der Waals surface area (Å²) in [5, 5.41) is 14.9.